The summed E-state index contributed by atoms with van der Waals surface area (Å²) in [4.78, 5) is 29.2. The van der Waals surface area contributed by atoms with Crippen LogP contribution in [0.15, 0.2) is 65.6 Å². The maximum Gasteiger partial charge on any atom is 0.264 e. The van der Waals surface area contributed by atoms with E-state index < -0.39 is 28.5 Å². The molecule has 2 atom stereocenters. The molecule has 3 rings (SSSR count). The fourth-order valence-electron chi connectivity index (χ4n) is 4.53. The van der Waals surface area contributed by atoms with Crippen LogP contribution in [0.4, 0.5) is 5.69 Å². The molecule has 10 heteroatoms. The zero-order valence-electron chi connectivity index (χ0n) is 24.9. The standard InChI is InChI=1S/C32H39Cl2N3O4S/c1-7-24(6)35-32(39)29(8-2)36(19-25-13-16-27(33)28(34)18-25)31(38)20-37(30-17-22(4)9-12-23(30)5)42(40,41)26-14-10-21(3)11-15-26/h9-18,24,29H,7-8,19-20H2,1-6H3,(H,35,39)/t24-,29+/m0/s1. The number of hydrogen-bond donors (Lipinski definition) is 1. The van der Waals surface area contributed by atoms with Gasteiger partial charge in [0.2, 0.25) is 11.8 Å². The number of rotatable bonds is 12. The molecule has 0 aliphatic rings. The molecule has 0 saturated heterocycles. The molecule has 42 heavy (non-hydrogen) atoms. The van der Waals surface area contributed by atoms with E-state index in [1.54, 1.807) is 43.3 Å². The van der Waals surface area contributed by atoms with Gasteiger partial charge in [-0.2, -0.15) is 0 Å². The largest absolute Gasteiger partial charge is 0.352 e. The van der Waals surface area contributed by atoms with E-state index in [-0.39, 0.29) is 23.4 Å². The molecule has 0 heterocycles. The number of carbonyl (C=O) groups excluding carboxylic acids is 2. The summed E-state index contributed by atoms with van der Waals surface area (Å²) >= 11 is 12.4. The fourth-order valence-corrected chi connectivity index (χ4v) is 6.33. The van der Waals surface area contributed by atoms with Gasteiger partial charge >= 0.3 is 0 Å². The van der Waals surface area contributed by atoms with Gasteiger partial charge in [-0.05, 0) is 87.6 Å². The van der Waals surface area contributed by atoms with Crippen molar-refractivity contribution in [2.75, 3.05) is 10.8 Å². The minimum Gasteiger partial charge on any atom is -0.352 e. The number of aryl methyl sites for hydroxylation is 3. The molecule has 3 aromatic rings. The van der Waals surface area contributed by atoms with Crippen LogP contribution in [0.1, 0.15) is 55.9 Å². The molecule has 7 nitrogen and oxygen atoms in total. The Kier molecular flexibility index (Phi) is 11.5. The average molecular weight is 633 g/mol. The second kappa shape index (κ2) is 14.4. The highest BCUT2D eigenvalue weighted by Gasteiger charge is 2.34. The highest BCUT2D eigenvalue weighted by Crippen LogP contribution is 2.29. The van der Waals surface area contributed by atoms with E-state index in [9.17, 15) is 18.0 Å². The average Bonchev–Trinajstić information content (AvgIpc) is 2.94. The number of anilines is 1. The van der Waals surface area contributed by atoms with E-state index in [0.29, 0.717) is 33.3 Å². The number of amides is 2. The Bertz CT molecular complexity index is 1530. The summed E-state index contributed by atoms with van der Waals surface area (Å²) in [5, 5.41) is 3.66. The third-order valence-corrected chi connectivity index (χ3v) is 9.76. The van der Waals surface area contributed by atoms with Crippen molar-refractivity contribution in [1.29, 1.82) is 0 Å². The van der Waals surface area contributed by atoms with E-state index in [2.05, 4.69) is 5.32 Å². The Balaban J connectivity index is 2.12. The van der Waals surface area contributed by atoms with Gasteiger partial charge in [0.05, 0.1) is 20.6 Å². The van der Waals surface area contributed by atoms with Crippen LogP contribution >= 0.6 is 23.2 Å². The molecule has 0 saturated carbocycles. The molecule has 0 aliphatic carbocycles. The first-order valence-corrected chi connectivity index (χ1v) is 16.2. The minimum atomic E-state index is -4.15. The molecule has 0 unspecified atom stereocenters. The Morgan fingerprint density at radius 3 is 2.10 bits per heavy atom. The van der Waals surface area contributed by atoms with Crippen molar-refractivity contribution in [2.45, 2.75) is 77.9 Å². The molecule has 0 spiro atoms. The first-order chi connectivity index (χ1) is 19.8. The van der Waals surface area contributed by atoms with Gasteiger partial charge in [0, 0.05) is 12.6 Å². The number of carbonyl (C=O) groups is 2. The summed E-state index contributed by atoms with van der Waals surface area (Å²) < 4.78 is 29.4. The predicted molar refractivity (Wildman–Crippen MR) is 171 cm³/mol. The molecule has 0 bridgehead atoms. The molecule has 2 amide bonds. The first-order valence-electron chi connectivity index (χ1n) is 14.0. The van der Waals surface area contributed by atoms with E-state index in [1.807, 2.05) is 46.8 Å². The van der Waals surface area contributed by atoms with Gasteiger partial charge in [-0.3, -0.25) is 13.9 Å². The maximum atomic E-state index is 14.3. The summed E-state index contributed by atoms with van der Waals surface area (Å²) in [6, 6.07) is 16.1. The van der Waals surface area contributed by atoms with E-state index in [4.69, 9.17) is 23.2 Å². The summed E-state index contributed by atoms with van der Waals surface area (Å²) in [6.07, 6.45) is 1.04. The Hall–Kier alpha value is -3.07. The van der Waals surface area contributed by atoms with Gasteiger partial charge in [0.25, 0.3) is 10.0 Å². The summed E-state index contributed by atoms with van der Waals surface area (Å²) in [7, 11) is -4.15. The third-order valence-electron chi connectivity index (χ3n) is 7.25. The number of halogens is 2. The van der Waals surface area contributed by atoms with E-state index in [1.165, 1.54) is 17.0 Å². The zero-order chi connectivity index (χ0) is 31.2. The van der Waals surface area contributed by atoms with Gasteiger partial charge in [-0.15, -0.1) is 0 Å². The summed E-state index contributed by atoms with van der Waals surface area (Å²) in [6.45, 7) is 10.8. The number of nitrogens with zero attached hydrogens (tertiary/aromatic N) is 2. The summed E-state index contributed by atoms with van der Waals surface area (Å²) in [5.41, 5.74) is 3.51. The topological polar surface area (TPSA) is 86.8 Å². The number of benzene rings is 3. The first kappa shape index (κ1) is 33.4. The van der Waals surface area contributed by atoms with Crippen molar-refractivity contribution < 1.29 is 18.0 Å². The van der Waals surface area contributed by atoms with Crippen molar-refractivity contribution in [1.82, 2.24) is 10.2 Å². The normalized spacial score (nSPS) is 12.9. The van der Waals surface area contributed by atoms with Gasteiger partial charge in [-0.25, -0.2) is 8.42 Å². The van der Waals surface area contributed by atoms with Crippen molar-refractivity contribution >= 4 is 50.7 Å². The van der Waals surface area contributed by atoms with Crippen molar-refractivity contribution in [3.8, 4) is 0 Å². The zero-order valence-corrected chi connectivity index (χ0v) is 27.3. The van der Waals surface area contributed by atoms with Crippen LogP contribution in [0, 0.1) is 20.8 Å². The maximum absolute atomic E-state index is 14.3. The number of nitrogens with one attached hydrogen (secondary N) is 1. The Labute approximate surface area is 259 Å². The van der Waals surface area contributed by atoms with Gasteiger partial charge in [0.1, 0.15) is 12.6 Å². The van der Waals surface area contributed by atoms with Crippen LogP contribution < -0.4 is 9.62 Å². The van der Waals surface area contributed by atoms with Crippen LogP contribution in [0.2, 0.25) is 10.0 Å². The molecule has 226 valence electrons. The molecule has 0 aliphatic heterocycles. The van der Waals surface area contributed by atoms with Gasteiger partial charge < -0.3 is 10.2 Å². The molecule has 3 aromatic carbocycles. The second-order valence-electron chi connectivity index (χ2n) is 10.6. The van der Waals surface area contributed by atoms with Crippen molar-refractivity contribution in [3.05, 3.63) is 93.0 Å². The Morgan fingerprint density at radius 2 is 1.50 bits per heavy atom. The number of hydrogen-bond acceptors (Lipinski definition) is 4. The quantitative estimate of drug-likeness (QED) is 0.237. The lowest BCUT2D eigenvalue weighted by Crippen LogP contribution is -2.53. The lowest BCUT2D eigenvalue weighted by Gasteiger charge is -2.34. The van der Waals surface area contributed by atoms with Crippen LogP contribution in [-0.4, -0.2) is 43.8 Å². The highest BCUT2D eigenvalue weighted by molar-refractivity contribution is 7.92. The SMILES string of the molecule is CC[C@H](C(=O)N[C@@H](C)CC)N(Cc1ccc(Cl)c(Cl)c1)C(=O)CN(c1cc(C)ccc1C)S(=O)(=O)c1ccc(C)cc1. The molecule has 0 fully saturated rings. The molecular weight excluding hydrogens is 593 g/mol. The van der Waals surface area contributed by atoms with Crippen LogP contribution in [0.3, 0.4) is 0 Å². The lowest BCUT2D eigenvalue weighted by atomic mass is 10.1. The van der Waals surface area contributed by atoms with E-state index >= 15 is 0 Å². The molecule has 1 N–H and O–H groups in total. The summed E-state index contributed by atoms with van der Waals surface area (Å²) in [5.74, 6) is -0.830. The van der Waals surface area contributed by atoms with Crippen LogP contribution in [-0.2, 0) is 26.2 Å². The van der Waals surface area contributed by atoms with Crippen LogP contribution in [0.5, 0.6) is 0 Å². The smallest absolute Gasteiger partial charge is 0.264 e. The number of sulfonamides is 1. The second-order valence-corrected chi connectivity index (χ2v) is 13.3. The predicted octanol–water partition coefficient (Wildman–Crippen LogP) is 6.84. The molecular formula is C32H39Cl2N3O4S. The van der Waals surface area contributed by atoms with Crippen molar-refractivity contribution in [3.63, 3.8) is 0 Å². The van der Waals surface area contributed by atoms with Crippen molar-refractivity contribution in [2.24, 2.45) is 0 Å². The van der Waals surface area contributed by atoms with Crippen LogP contribution in [0.25, 0.3) is 0 Å². The third kappa shape index (κ3) is 8.06. The fraction of sp³-hybridized carbons (Fsp3) is 0.375. The monoisotopic (exact) mass is 631 g/mol. The van der Waals surface area contributed by atoms with E-state index in [0.717, 1.165) is 21.9 Å². The lowest BCUT2D eigenvalue weighted by molar-refractivity contribution is -0.140. The van der Waals surface area contributed by atoms with Gasteiger partial charge in [-0.1, -0.05) is 72.9 Å². The molecule has 0 aromatic heterocycles. The highest BCUT2D eigenvalue weighted by atomic mass is 35.5. The molecule has 0 radical (unpaired) electrons. The van der Waals surface area contributed by atoms with Gasteiger partial charge in [0.15, 0.2) is 0 Å². The Morgan fingerprint density at radius 1 is 0.857 bits per heavy atom. The minimum absolute atomic E-state index is 0.0351.